The van der Waals surface area contributed by atoms with E-state index in [1.54, 1.807) is 13.2 Å². The predicted octanol–water partition coefficient (Wildman–Crippen LogP) is 2.52. The van der Waals surface area contributed by atoms with E-state index in [0.29, 0.717) is 30.3 Å². The van der Waals surface area contributed by atoms with E-state index >= 15 is 0 Å². The second-order valence-electron chi connectivity index (χ2n) is 6.90. The van der Waals surface area contributed by atoms with Gasteiger partial charge in [0.1, 0.15) is 5.75 Å². The van der Waals surface area contributed by atoms with Gasteiger partial charge in [0.2, 0.25) is 5.91 Å². The van der Waals surface area contributed by atoms with Gasteiger partial charge in [0.25, 0.3) is 5.91 Å². The first kappa shape index (κ1) is 16.8. The fourth-order valence-electron chi connectivity index (χ4n) is 3.93. The number of carbonyl (C=O) groups is 2. The molecular weight excluding hydrogens is 304 g/mol. The monoisotopic (exact) mass is 330 g/mol. The highest BCUT2D eigenvalue weighted by Crippen LogP contribution is 2.29. The van der Waals surface area contributed by atoms with E-state index in [2.05, 4.69) is 5.32 Å². The number of hydrogen-bond acceptors (Lipinski definition) is 3. The molecule has 2 aliphatic rings. The van der Waals surface area contributed by atoms with Crippen LogP contribution in [0.15, 0.2) is 18.2 Å². The number of methoxy groups -OCH3 is 1. The smallest absolute Gasteiger partial charge is 0.251 e. The Balaban J connectivity index is 1.56. The lowest BCUT2D eigenvalue weighted by molar-refractivity contribution is -0.129. The van der Waals surface area contributed by atoms with Crippen LogP contribution in [-0.4, -0.2) is 43.0 Å². The molecule has 24 heavy (non-hydrogen) atoms. The van der Waals surface area contributed by atoms with Gasteiger partial charge in [-0.25, -0.2) is 0 Å². The Morgan fingerprint density at radius 1 is 1.33 bits per heavy atom. The Bertz CT molecular complexity index is 623. The summed E-state index contributed by atoms with van der Waals surface area (Å²) in [6.45, 7) is 3.21. The fourth-order valence-corrected chi connectivity index (χ4v) is 3.93. The van der Waals surface area contributed by atoms with E-state index < -0.39 is 0 Å². The van der Waals surface area contributed by atoms with Crippen molar-refractivity contribution in [2.24, 2.45) is 5.92 Å². The van der Waals surface area contributed by atoms with Crippen LogP contribution in [-0.2, 0) is 4.79 Å². The lowest BCUT2D eigenvalue weighted by Gasteiger charge is -2.24. The number of amides is 2. The molecule has 0 spiro atoms. The number of hydrogen-bond donors (Lipinski definition) is 1. The van der Waals surface area contributed by atoms with Gasteiger partial charge < -0.3 is 15.0 Å². The van der Waals surface area contributed by atoms with E-state index in [9.17, 15) is 9.59 Å². The average Bonchev–Trinajstić information content (AvgIpc) is 3.22. The summed E-state index contributed by atoms with van der Waals surface area (Å²) in [7, 11) is 1.60. The fraction of sp³-hybridized carbons (Fsp3) is 0.579. The molecule has 0 bridgehead atoms. The topological polar surface area (TPSA) is 58.6 Å². The largest absolute Gasteiger partial charge is 0.496 e. The molecule has 1 aliphatic heterocycles. The van der Waals surface area contributed by atoms with Gasteiger partial charge in [-0.3, -0.25) is 9.59 Å². The van der Waals surface area contributed by atoms with Gasteiger partial charge in [-0.1, -0.05) is 18.9 Å². The summed E-state index contributed by atoms with van der Waals surface area (Å²) in [4.78, 5) is 26.7. The van der Waals surface area contributed by atoms with Crippen molar-refractivity contribution < 1.29 is 14.3 Å². The van der Waals surface area contributed by atoms with Crippen molar-refractivity contribution >= 4 is 11.8 Å². The Hall–Kier alpha value is -2.04. The zero-order valence-corrected chi connectivity index (χ0v) is 14.5. The van der Waals surface area contributed by atoms with Crippen molar-refractivity contribution in [3.05, 3.63) is 29.3 Å². The van der Waals surface area contributed by atoms with Crippen LogP contribution in [0.1, 0.15) is 48.0 Å². The van der Waals surface area contributed by atoms with Crippen LogP contribution in [0.5, 0.6) is 5.75 Å². The van der Waals surface area contributed by atoms with Gasteiger partial charge in [-0.2, -0.15) is 0 Å². The molecule has 5 nitrogen and oxygen atoms in total. The molecule has 0 radical (unpaired) electrons. The van der Waals surface area contributed by atoms with Crippen LogP contribution in [0.2, 0.25) is 0 Å². The molecule has 1 heterocycles. The minimum absolute atomic E-state index is 0.0989. The average molecular weight is 330 g/mol. The molecule has 1 aromatic carbocycles. The number of benzene rings is 1. The Morgan fingerprint density at radius 3 is 2.79 bits per heavy atom. The summed E-state index contributed by atoms with van der Waals surface area (Å²) < 4.78 is 5.27. The second-order valence-corrected chi connectivity index (χ2v) is 6.90. The Morgan fingerprint density at radius 2 is 2.08 bits per heavy atom. The highest BCUT2D eigenvalue weighted by Gasteiger charge is 2.35. The van der Waals surface area contributed by atoms with Crippen molar-refractivity contribution in [3.8, 4) is 5.75 Å². The first-order valence-corrected chi connectivity index (χ1v) is 8.81. The summed E-state index contributed by atoms with van der Waals surface area (Å²) >= 11 is 0. The standard InChI is InChI=1S/C19H26N2O3/c1-13-16(8-5-9-17(13)24-2)19(23)20-11-14-10-18(22)21(12-14)15-6-3-4-7-15/h5,8-9,14-15H,3-4,6-7,10-12H2,1-2H3,(H,20,23)/t14-/m1/s1. The third-order valence-corrected chi connectivity index (χ3v) is 5.30. The van der Waals surface area contributed by atoms with Crippen molar-refractivity contribution in [3.63, 3.8) is 0 Å². The molecular formula is C19H26N2O3. The minimum Gasteiger partial charge on any atom is -0.496 e. The Labute approximate surface area is 143 Å². The predicted molar refractivity (Wildman–Crippen MR) is 92.1 cm³/mol. The third-order valence-electron chi connectivity index (χ3n) is 5.30. The van der Waals surface area contributed by atoms with Crippen molar-refractivity contribution in [2.45, 2.75) is 45.1 Å². The number of carbonyl (C=O) groups excluding carboxylic acids is 2. The number of ether oxygens (including phenoxy) is 1. The summed E-state index contributed by atoms with van der Waals surface area (Å²) in [6, 6.07) is 5.90. The molecule has 1 aliphatic carbocycles. The zero-order valence-electron chi connectivity index (χ0n) is 14.5. The summed E-state index contributed by atoms with van der Waals surface area (Å²) in [5.74, 6) is 1.08. The van der Waals surface area contributed by atoms with E-state index in [-0.39, 0.29) is 17.7 Å². The first-order chi connectivity index (χ1) is 11.6. The quantitative estimate of drug-likeness (QED) is 0.902. The summed E-state index contributed by atoms with van der Waals surface area (Å²) in [6.07, 6.45) is 5.27. The van der Waals surface area contributed by atoms with Gasteiger partial charge in [0, 0.05) is 42.6 Å². The molecule has 0 unspecified atom stereocenters. The molecule has 130 valence electrons. The number of nitrogens with one attached hydrogen (secondary N) is 1. The van der Waals surface area contributed by atoms with E-state index in [4.69, 9.17) is 4.74 Å². The van der Waals surface area contributed by atoms with Gasteiger partial charge in [0.15, 0.2) is 0 Å². The molecule has 3 rings (SSSR count). The maximum Gasteiger partial charge on any atom is 0.251 e. The Kier molecular flexibility index (Phi) is 5.07. The highest BCUT2D eigenvalue weighted by atomic mass is 16.5. The van der Waals surface area contributed by atoms with Crippen LogP contribution in [0.4, 0.5) is 0 Å². The molecule has 2 amide bonds. The maximum atomic E-state index is 12.4. The lowest BCUT2D eigenvalue weighted by atomic mass is 10.1. The van der Waals surface area contributed by atoms with E-state index in [1.165, 1.54) is 12.8 Å². The normalized spacial score (nSPS) is 21.3. The molecule has 1 aromatic rings. The molecule has 1 saturated carbocycles. The number of nitrogens with zero attached hydrogens (tertiary/aromatic N) is 1. The number of likely N-dealkylation sites (tertiary alicyclic amines) is 1. The van der Waals surface area contributed by atoms with E-state index in [0.717, 1.165) is 24.9 Å². The van der Waals surface area contributed by atoms with Crippen LogP contribution in [0, 0.1) is 12.8 Å². The van der Waals surface area contributed by atoms with Gasteiger partial charge >= 0.3 is 0 Å². The SMILES string of the molecule is COc1cccc(C(=O)NC[C@H]2CC(=O)N(C3CCCC3)C2)c1C. The highest BCUT2D eigenvalue weighted by molar-refractivity contribution is 5.96. The minimum atomic E-state index is -0.0989. The molecule has 1 N–H and O–H groups in total. The summed E-state index contributed by atoms with van der Waals surface area (Å²) in [5.41, 5.74) is 1.47. The molecule has 2 fully saturated rings. The zero-order chi connectivity index (χ0) is 17.1. The second kappa shape index (κ2) is 7.24. The van der Waals surface area contributed by atoms with Crippen molar-refractivity contribution in [1.82, 2.24) is 10.2 Å². The third kappa shape index (κ3) is 3.40. The van der Waals surface area contributed by atoms with Crippen molar-refractivity contribution in [1.29, 1.82) is 0 Å². The lowest BCUT2D eigenvalue weighted by Crippen LogP contribution is -2.36. The molecule has 5 heteroatoms. The molecule has 0 aromatic heterocycles. The van der Waals surface area contributed by atoms with Gasteiger partial charge in [-0.05, 0) is 31.9 Å². The van der Waals surface area contributed by atoms with E-state index in [1.807, 2.05) is 24.0 Å². The maximum absolute atomic E-state index is 12.4. The van der Waals surface area contributed by atoms with Crippen molar-refractivity contribution in [2.75, 3.05) is 20.2 Å². The van der Waals surface area contributed by atoms with Crippen LogP contribution in [0.25, 0.3) is 0 Å². The molecule has 1 atom stereocenters. The van der Waals surface area contributed by atoms with Crippen LogP contribution >= 0.6 is 0 Å². The first-order valence-electron chi connectivity index (χ1n) is 8.81. The number of rotatable bonds is 5. The molecule has 1 saturated heterocycles. The summed E-state index contributed by atoms with van der Waals surface area (Å²) in [5, 5.41) is 2.99. The van der Waals surface area contributed by atoms with Crippen LogP contribution < -0.4 is 10.1 Å². The van der Waals surface area contributed by atoms with Crippen LogP contribution in [0.3, 0.4) is 0 Å². The van der Waals surface area contributed by atoms with Gasteiger partial charge in [0.05, 0.1) is 7.11 Å². The van der Waals surface area contributed by atoms with Gasteiger partial charge in [-0.15, -0.1) is 0 Å².